The molecule has 0 aromatic carbocycles. The summed E-state index contributed by atoms with van der Waals surface area (Å²) in [5, 5.41) is 8.62. The Hall–Kier alpha value is -0.653. The van der Waals surface area contributed by atoms with E-state index in [1.165, 1.54) is 0 Å². The lowest BCUT2D eigenvalue weighted by Crippen LogP contribution is -2.24. The van der Waals surface area contributed by atoms with Gasteiger partial charge in [0.1, 0.15) is 5.91 Å². The second kappa shape index (κ2) is 9.56. The van der Waals surface area contributed by atoms with Crippen molar-refractivity contribution in [1.82, 2.24) is 0 Å². The van der Waals surface area contributed by atoms with Gasteiger partial charge in [0.2, 0.25) is 0 Å². The first-order chi connectivity index (χ1) is 7.61. The Morgan fingerprint density at radius 1 is 1.38 bits per heavy atom. The van der Waals surface area contributed by atoms with Crippen LogP contribution in [0.15, 0.2) is 12.2 Å². The molecule has 0 aliphatic heterocycles. The third-order valence-corrected chi connectivity index (χ3v) is 4.03. The Bertz CT molecular complexity index is 212. The third kappa shape index (κ3) is 7.61. The molecule has 16 heavy (non-hydrogen) atoms. The SMILES string of the molecule is C=C(CCC[SiH2]C(OCC)OCC)C(=O)O. The van der Waals surface area contributed by atoms with Gasteiger partial charge in [-0.25, -0.2) is 4.79 Å². The fraction of sp³-hybridized carbons (Fsp3) is 0.727. The molecular formula is C11H22O4Si. The molecule has 0 heterocycles. The van der Waals surface area contributed by atoms with E-state index in [0.29, 0.717) is 25.2 Å². The Balaban J connectivity index is 3.61. The first kappa shape index (κ1) is 15.3. The summed E-state index contributed by atoms with van der Waals surface area (Å²) in [6, 6.07) is 1.02. The minimum atomic E-state index is -0.896. The van der Waals surface area contributed by atoms with E-state index in [9.17, 15) is 4.79 Å². The molecular weight excluding hydrogens is 224 g/mol. The molecule has 0 radical (unpaired) electrons. The molecule has 5 heteroatoms. The lowest BCUT2D eigenvalue weighted by molar-refractivity contribution is -0.132. The fourth-order valence-electron chi connectivity index (χ4n) is 1.34. The van der Waals surface area contributed by atoms with Gasteiger partial charge >= 0.3 is 5.97 Å². The van der Waals surface area contributed by atoms with Gasteiger partial charge < -0.3 is 14.6 Å². The van der Waals surface area contributed by atoms with Crippen molar-refractivity contribution in [3.8, 4) is 0 Å². The highest BCUT2D eigenvalue weighted by atomic mass is 28.2. The van der Waals surface area contributed by atoms with E-state index in [2.05, 4.69) is 6.58 Å². The number of hydrogen-bond donors (Lipinski definition) is 1. The molecule has 0 aromatic rings. The number of ether oxygens (including phenoxy) is 2. The van der Waals surface area contributed by atoms with Gasteiger partial charge in [-0.3, -0.25) is 0 Å². The van der Waals surface area contributed by atoms with Gasteiger partial charge in [0.15, 0.2) is 0 Å². The van der Waals surface area contributed by atoms with Crippen molar-refractivity contribution < 1.29 is 19.4 Å². The summed E-state index contributed by atoms with van der Waals surface area (Å²) in [4.78, 5) is 10.5. The van der Waals surface area contributed by atoms with Crippen LogP contribution in [-0.2, 0) is 14.3 Å². The van der Waals surface area contributed by atoms with Crippen molar-refractivity contribution in [3.63, 3.8) is 0 Å². The van der Waals surface area contributed by atoms with E-state index >= 15 is 0 Å². The third-order valence-electron chi connectivity index (χ3n) is 2.18. The van der Waals surface area contributed by atoms with E-state index in [-0.39, 0.29) is 5.91 Å². The Morgan fingerprint density at radius 3 is 2.38 bits per heavy atom. The minimum absolute atomic E-state index is 0.0203. The second-order valence-corrected chi connectivity index (χ2v) is 5.45. The standard InChI is InChI=1S/C11H22O4Si/c1-4-14-11(15-5-2)16-8-6-7-9(3)10(12)13/h11H,3-8,16H2,1-2H3,(H,12,13). The zero-order valence-electron chi connectivity index (χ0n) is 10.2. The smallest absolute Gasteiger partial charge is 0.330 e. The average Bonchev–Trinajstić information content (AvgIpc) is 2.24. The van der Waals surface area contributed by atoms with Crippen molar-refractivity contribution >= 4 is 15.5 Å². The van der Waals surface area contributed by atoms with Crippen LogP contribution in [0.4, 0.5) is 0 Å². The highest BCUT2D eigenvalue weighted by Gasteiger charge is 2.09. The predicted octanol–water partition coefficient (Wildman–Crippen LogP) is 1.35. The monoisotopic (exact) mass is 246 g/mol. The molecule has 94 valence electrons. The minimum Gasteiger partial charge on any atom is -0.478 e. The van der Waals surface area contributed by atoms with Gasteiger partial charge in [-0.2, -0.15) is 0 Å². The normalized spacial score (nSPS) is 11.4. The predicted molar refractivity (Wildman–Crippen MR) is 66.4 cm³/mol. The van der Waals surface area contributed by atoms with Crippen molar-refractivity contribution in [2.75, 3.05) is 13.2 Å². The molecule has 0 bridgehead atoms. The van der Waals surface area contributed by atoms with Crippen LogP contribution in [0, 0.1) is 0 Å². The van der Waals surface area contributed by atoms with Gasteiger partial charge in [-0.15, -0.1) is 0 Å². The van der Waals surface area contributed by atoms with Crippen LogP contribution >= 0.6 is 0 Å². The molecule has 4 nitrogen and oxygen atoms in total. The highest BCUT2D eigenvalue weighted by Crippen LogP contribution is 2.07. The maximum atomic E-state index is 10.5. The molecule has 0 fully saturated rings. The number of hydrogen-bond acceptors (Lipinski definition) is 3. The fourth-order valence-corrected chi connectivity index (χ4v) is 3.02. The highest BCUT2D eigenvalue weighted by molar-refractivity contribution is 6.36. The van der Waals surface area contributed by atoms with E-state index in [0.717, 1.165) is 12.5 Å². The average molecular weight is 246 g/mol. The molecule has 0 atom stereocenters. The Labute approximate surface area is 99.5 Å². The first-order valence-corrected chi connectivity index (χ1v) is 7.57. The first-order valence-electron chi connectivity index (χ1n) is 5.76. The Morgan fingerprint density at radius 2 is 1.94 bits per heavy atom. The zero-order valence-corrected chi connectivity index (χ0v) is 11.6. The van der Waals surface area contributed by atoms with Gasteiger partial charge in [0.25, 0.3) is 0 Å². The summed E-state index contributed by atoms with van der Waals surface area (Å²) in [5.74, 6) is -0.916. The topological polar surface area (TPSA) is 55.8 Å². The largest absolute Gasteiger partial charge is 0.478 e. The zero-order chi connectivity index (χ0) is 12.4. The van der Waals surface area contributed by atoms with Crippen molar-refractivity contribution in [2.24, 2.45) is 0 Å². The maximum Gasteiger partial charge on any atom is 0.330 e. The summed E-state index contributed by atoms with van der Waals surface area (Å²) in [6.45, 7) is 8.73. The molecule has 0 rings (SSSR count). The van der Waals surface area contributed by atoms with E-state index in [4.69, 9.17) is 14.6 Å². The van der Waals surface area contributed by atoms with E-state index < -0.39 is 15.5 Å². The molecule has 0 saturated heterocycles. The summed E-state index contributed by atoms with van der Waals surface area (Å²) in [6.07, 6.45) is 1.43. The van der Waals surface area contributed by atoms with Crippen LogP contribution in [0.3, 0.4) is 0 Å². The lowest BCUT2D eigenvalue weighted by atomic mass is 10.2. The molecule has 0 spiro atoms. The molecule has 0 amide bonds. The summed E-state index contributed by atoms with van der Waals surface area (Å²) in [5.41, 5.74) is 0.290. The number of carboxylic acids is 1. The van der Waals surface area contributed by atoms with Crippen LogP contribution in [-0.4, -0.2) is 39.7 Å². The van der Waals surface area contributed by atoms with E-state index in [1.54, 1.807) is 0 Å². The van der Waals surface area contributed by atoms with Crippen LogP contribution in [0.25, 0.3) is 0 Å². The van der Waals surface area contributed by atoms with E-state index in [1.807, 2.05) is 13.8 Å². The lowest BCUT2D eigenvalue weighted by Gasteiger charge is -2.16. The van der Waals surface area contributed by atoms with Crippen molar-refractivity contribution in [3.05, 3.63) is 12.2 Å². The molecule has 0 saturated carbocycles. The van der Waals surface area contributed by atoms with Gasteiger partial charge in [-0.05, 0) is 20.3 Å². The quantitative estimate of drug-likeness (QED) is 0.274. The van der Waals surface area contributed by atoms with Crippen LogP contribution in [0.5, 0.6) is 0 Å². The number of rotatable bonds is 10. The summed E-state index contributed by atoms with van der Waals surface area (Å²) < 4.78 is 10.9. The van der Waals surface area contributed by atoms with Gasteiger partial charge in [0.05, 0.1) is 9.52 Å². The summed E-state index contributed by atoms with van der Waals surface area (Å²) >= 11 is 0. The molecule has 1 N–H and O–H groups in total. The number of carbonyl (C=O) groups is 1. The van der Waals surface area contributed by atoms with Crippen molar-refractivity contribution in [1.29, 1.82) is 0 Å². The number of aliphatic carboxylic acids is 1. The van der Waals surface area contributed by atoms with Crippen molar-refractivity contribution in [2.45, 2.75) is 38.6 Å². The second-order valence-electron chi connectivity index (χ2n) is 3.49. The molecule has 0 aliphatic rings. The molecule has 0 aliphatic carbocycles. The Kier molecular flexibility index (Phi) is 9.17. The maximum absolute atomic E-state index is 10.5. The van der Waals surface area contributed by atoms with Gasteiger partial charge in [-0.1, -0.05) is 19.0 Å². The molecule has 0 unspecified atom stereocenters. The van der Waals surface area contributed by atoms with Crippen LogP contribution < -0.4 is 0 Å². The summed E-state index contributed by atoms with van der Waals surface area (Å²) in [7, 11) is -0.443. The van der Waals surface area contributed by atoms with Crippen LogP contribution in [0.2, 0.25) is 6.04 Å². The number of carboxylic acid groups (broad SMARTS) is 1. The molecule has 0 aromatic heterocycles. The van der Waals surface area contributed by atoms with Crippen LogP contribution in [0.1, 0.15) is 26.7 Å². The van der Waals surface area contributed by atoms with Gasteiger partial charge in [0, 0.05) is 18.8 Å².